The van der Waals surface area contributed by atoms with Gasteiger partial charge < -0.3 is 4.98 Å². The second-order valence-electron chi connectivity index (χ2n) is 6.86. The second-order valence-corrected chi connectivity index (χ2v) is 6.86. The number of anilines is 2. The number of hydrogen-bond donors (Lipinski definition) is 1. The molecule has 0 radical (unpaired) electrons. The molecule has 1 amide bonds. The van der Waals surface area contributed by atoms with E-state index in [1.165, 1.54) is 25.3 Å². The molecule has 1 aliphatic rings. The molecule has 1 saturated carbocycles. The second kappa shape index (κ2) is 6.47. The zero-order chi connectivity index (χ0) is 20.1. The molecule has 0 spiro atoms. The summed E-state index contributed by atoms with van der Waals surface area (Å²) in [5.41, 5.74) is 1.50. The number of hydrogen-bond acceptors (Lipinski definition) is 3. The Bertz CT molecular complexity index is 1080. The van der Waals surface area contributed by atoms with Gasteiger partial charge in [-0.15, -0.1) is 0 Å². The summed E-state index contributed by atoms with van der Waals surface area (Å²) < 4.78 is 40.1. The lowest BCUT2D eigenvalue weighted by Gasteiger charge is -2.25. The van der Waals surface area contributed by atoms with Crippen molar-refractivity contribution in [2.45, 2.75) is 31.9 Å². The van der Waals surface area contributed by atoms with Crippen LogP contribution in [0.3, 0.4) is 0 Å². The zero-order valence-corrected chi connectivity index (χ0v) is 14.9. The number of fused-ring (bicyclic) bond motifs is 1. The van der Waals surface area contributed by atoms with Crippen molar-refractivity contribution < 1.29 is 22.8 Å². The van der Waals surface area contributed by atoms with Gasteiger partial charge >= 0.3 is 12.1 Å². The maximum atomic E-state index is 13.4. The van der Waals surface area contributed by atoms with Gasteiger partial charge in [0.15, 0.2) is 11.6 Å². The Kier molecular flexibility index (Phi) is 4.21. The first-order valence-corrected chi connectivity index (χ1v) is 8.75. The quantitative estimate of drug-likeness (QED) is 0.650. The molecule has 2 aromatic heterocycles. The molecule has 2 heterocycles. The van der Waals surface area contributed by atoms with Crippen molar-refractivity contribution in [2.24, 2.45) is 0 Å². The highest BCUT2D eigenvalue weighted by Crippen LogP contribution is 2.42. The molecule has 0 unspecified atom stereocenters. The number of carbonyl (C=O) groups is 2. The molecule has 28 heavy (non-hydrogen) atoms. The Hall–Kier alpha value is -3.16. The van der Waals surface area contributed by atoms with E-state index in [2.05, 4.69) is 9.97 Å². The number of rotatable bonds is 4. The number of Topliss-reactive ketones (excluding diaryl/α,β-unsaturated/α-hetero) is 1. The first-order valence-electron chi connectivity index (χ1n) is 8.75. The normalized spacial score (nSPS) is 14.3. The van der Waals surface area contributed by atoms with E-state index in [1.807, 2.05) is 0 Å². The molecule has 1 N–H and O–H groups in total. The summed E-state index contributed by atoms with van der Waals surface area (Å²) in [6, 6.07) is 7.66. The molecule has 1 aliphatic carbocycles. The summed E-state index contributed by atoms with van der Waals surface area (Å²) >= 11 is 0. The lowest BCUT2D eigenvalue weighted by Crippen LogP contribution is -2.39. The van der Waals surface area contributed by atoms with Gasteiger partial charge in [0, 0.05) is 23.3 Å². The SMILES string of the molecule is CC(=O)c1cc(C2CC2)cnc1N(C(=O)C(F)(F)F)c1ccc2[nH]ccc2c1. The molecular weight excluding hydrogens is 371 g/mol. The van der Waals surface area contributed by atoms with Crippen molar-refractivity contribution in [3.8, 4) is 0 Å². The maximum absolute atomic E-state index is 13.4. The molecule has 3 aromatic rings. The predicted octanol–water partition coefficient (Wildman–Crippen LogP) is 4.87. The number of aromatic amines is 1. The van der Waals surface area contributed by atoms with Crippen LogP contribution in [0.4, 0.5) is 24.7 Å². The summed E-state index contributed by atoms with van der Waals surface area (Å²) in [4.78, 5) is 32.0. The summed E-state index contributed by atoms with van der Waals surface area (Å²) in [7, 11) is 0. The average molecular weight is 387 g/mol. The largest absolute Gasteiger partial charge is 0.472 e. The van der Waals surface area contributed by atoms with Crippen LogP contribution in [0.15, 0.2) is 42.7 Å². The number of aromatic nitrogens is 2. The standard InChI is InChI=1S/C20H16F3N3O2/c1-11(27)16-9-14(12-2-3-12)10-25-18(16)26(19(28)20(21,22)23)15-4-5-17-13(8-15)6-7-24-17/h4-10,12,24H,2-3H2,1H3. The zero-order valence-electron chi connectivity index (χ0n) is 14.9. The van der Waals surface area contributed by atoms with Gasteiger partial charge in [-0.1, -0.05) is 0 Å². The first kappa shape index (κ1) is 18.2. The van der Waals surface area contributed by atoms with Gasteiger partial charge in [-0.2, -0.15) is 13.2 Å². The Morgan fingerprint density at radius 3 is 2.57 bits per heavy atom. The third-order valence-corrected chi connectivity index (χ3v) is 4.77. The van der Waals surface area contributed by atoms with Crippen molar-refractivity contribution in [3.05, 3.63) is 53.9 Å². The van der Waals surface area contributed by atoms with E-state index in [9.17, 15) is 22.8 Å². The fourth-order valence-corrected chi connectivity index (χ4v) is 3.19. The molecule has 0 saturated heterocycles. The highest BCUT2D eigenvalue weighted by Gasteiger charge is 2.45. The van der Waals surface area contributed by atoms with Gasteiger partial charge in [0.05, 0.1) is 11.3 Å². The molecule has 144 valence electrons. The van der Waals surface area contributed by atoms with Gasteiger partial charge in [0.2, 0.25) is 0 Å². The van der Waals surface area contributed by atoms with Crippen LogP contribution >= 0.6 is 0 Å². The molecule has 1 fully saturated rings. The highest BCUT2D eigenvalue weighted by molar-refractivity contribution is 6.09. The smallest absolute Gasteiger partial charge is 0.361 e. The number of benzene rings is 1. The Balaban J connectivity index is 1.90. The number of pyridine rings is 1. The van der Waals surface area contributed by atoms with Crippen LogP contribution in [0.25, 0.3) is 10.9 Å². The molecule has 8 heteroatoms. The third kappa shape index (κ3) is 3.26. The van der Waals surface area contributed by atoms with E-state index < -0.39 is 17.9 Å². The van der Waals surface area contributed by atoms with Crippen LogP contribution in [0, 0.1) is 0 Å². The fourth-order valence-electron chi connectivity index (χ4n) is 3.19. The van der Waals surface area contributed by atoms with Crippen molar-refractivity contribution in [1.82, 2.24) is 9.97 Å². The molecule has 0 atom stereocenters. The fraction of sp³-hybridized carbons (Fsp3) is 0.250. The Morgan fingerprint density at radius 2 is 1.93 bits per heavy atom. The van der Waals surface area contributed by atoms with E-state index >= 15 is 0 Å². The van der Waals surface area contributed by atoms with Crippen molar-refractivity contribution >= 4 is 34.1 Å². The Labute approximate surface area is 158 Å². The molecular formula is C20H16F3N3O2. The Morgan fingerprint density at radius 1 is 1.18 bits per heavy atom. The van der Waals surface area contributed by atoms with Crippen LogP contribution in [-0.4, -0.2) is 27.8 Å². The molecule has 0 bridgehead atoms. The number of alkyl halides is 3. The van der Waals surface area contributed by atoms with Gasteiger partial charge in [0.1, 0.15) is 0 Å². The maximum Gasteiger partial charge on any atom is 0.472 e. The number of nitrogens with zero attached hydrogens (tertiary/aromatic N) is 2. The van der Waals surface area contributed by atoms with E-state index in [0.717, 1.165) is 18.4 Å². The summed E-state index contributed by atoms with van der Waals surface area (Å²) in [6.45, 7) is 1.25. The molecule has 0 aliphatic heterocycles. The lowest BCUT2D eigenvalue weighted by atomic mass is 10.1. The topological polar surface area (TPSA) is 66.1 Å². The number of carbonyl (C=O) groups excluding carboxylic acids is 2. The highest BCUT2D eigenvalue weighted by atomic mass is 19.4. The number of nitrogens with one attached hydrogen (secondary N) is 1. The molecule has 4 rings (SSSR count). The molecule has 1 aromatic carbocycles. The monoisotopic (exact) mass is 387 g/mol. The van der Waals surface area contributed by atoms with Gasteiger partial charge in [-0.25, -0.2) is 4.98 Å². The minimum Gasteiger partial charge on any atom is -0.361 e. The lowest BCUT2D eigenvalue weighted by molar-refractivity contribution is -0.169. The van der Waals surface area contributed by atoms with Crippen molar-refractivity contribution in [3.63, 3.8) is 0 Å². The van der Waals surface area contributed by atoms with Crippen molar-refractivity contribution in [1.29, 1.82) is 0 Å². The van der Waals surface area contributed by atoms with Gasteiger partial charge in [-0.05, 0) is 61.6 Å². The third-order valence-electron chi connectivity index (χ3n) is 4.77. The van der Waals surface area contributed by atoms with Crippen LogP contribution in [0.5, 0.6) is 0 Å². The summed E-state index contributed by atoms with van der Waals surface area (Å²) in [6.07, 6.45) is -0.127. The van der Waals surface area contributed by atoms with E-state index in [0.29, 0.717) is 15.8 Å². The summed E-state index contributed by atoms with van der Waals surface area (Å²) in [5.74, 6) is -2.60. The van der Waals surface area contributed by atoms with Gasteiger partial charge in [0.25, 0.3) is 0 Å². The minimum atomic E-state index is -5.13. The van der Waals surface area contributed by atoms with Crippen LogP contribution in [0.1, 0.15) is 41.6 Å². The van der Waals surface area contributed by atoms with E-state index in [1.54, 1.807) is 24.4 Å². The number of H-pyrrole nitrogens is 1. The van der Waals surface area contributed by atoms with E-state index in [-0.39, 0.29) is 23.0 Å². The number of ketones is 1. The number of amides is 1. The predicted molar refractivity (Wildman–Crippen MR) is 97.7 cm³/mol. The average Bonchev–Trinajstić information content (AvgIpc) is 3.38. The van der Waals surface area contributed by atoms with Crippen molar-refractivity contribution in [2.75, 3.05) is 4.90 Å². The summed E-state index contributed by atoms with van der Waals surface area (Å²) in [5, 5.41) is 0.636. The first-order chi connectivity index (χ1) is 13.3. The van der Waals surface area contributed by atoms with Crippen LogP contribution in [0.2, 0.25) is 0 Å². The molecule has 5 nitrogen and oxygen atoms in total. The van der Waals surface area contributed by atoms with Crippen LogP contribution in [-0.2, 0) is 4.79 Å². The minimum absolute atomic E-state index is 0.00355. The van der Waals surface area contributed by atoms with Gasteiger partial charge in [-0.3, -0.25) is 14.5 Å². The van der Waals surface area contributed by atoms with E-state index in [4.69, 9.17) is 0 Å². The van der Waals surface area contributed by atoms with Crippen LogP contribution < -0.4 is 4.90 Å². The number of halogens is 3.